The van der Waals surface area contributed by atoms with Gasteiger partial charge in [0.15, 0.2) is 0 Å². The number of nitrogens with one attached hydrogen (secondary N) is 1. The highest BCUT2D eigenvalue weighted by molar-refractivity contribution is 7.86. The van der Waals surface area contributed by atoms with Gasteiger partial charge in [-0.2, -0.15) is 17.0 Å². The standard InChI is InChI=1S/C18H30N4O3S/c1-18(2,3)19-17(23)15-21-10-12-22(13-11-21)26(24,25)20(4)14-16-8-6-5-7-9-16/h5-9H,10-15H2,1-4H3,(H,19,23). The molecule has 1 aromatic rings. The van der Waals surface area contributed by atoms with Crippen LogP contribution in [-0.4, -0.2) is 73.1 Å². The third kappa shape index (κ3) is 6.05. The first-order chi connectivity index (χ1) is 12.1. The molecule has 0 radical (unpaired) electrons. The summed E-state index contributed by atoms with van der Waals surface area (Å²) in [4.78, 5) is 14.0. The molecule has 146 valence electrons. The van der Waals surface area contributed by atoms with E-state index in [0.717, 1.165) is 5.56 Å². The maximum absolute atomic E-state index is 12.8. The molecule has 0 unspecified atom stereocenters. The number of carbonyl (C=O) groups is 1. The van der Waals surface area contributed by atoms with Gasteiger partial charge >= 0.3 is 0 Å². The quantitative estimate of drug-likeness (QED) is 0.793. The summed E-state index contributed by atoms with van der Waals surface area (Å²) in [6, 6.07) is 9.54. The largest absolute Gasteiger partial charge is 0.350 e. The van der Waals surface area contributed by atoms with Gasteiger partial charge in [-0.3, -0.25) is 9.69 Å². The molecule has 8 heteroatoms. The van der Waals surface area contributed by atoms with Gasteiger partial charge in [-0.1, -0.05) is 30.3 Å². The van der Waals surface area contributed by atoms with Gasteiger partial charge in [0.1, 0.15) is 0 Å². The maximum atomic E-state index is 12.8. The number of rotatable bonds is 6. The van der Waals surface area contributed by atoms with Crippen LogP contribution in [0.25, 0.3) is 0 Å². The first-order valence-electron chi connectivity index (χ1n) is 8.86. The lowest BCUT2D eigenvalue weighted by molar-refractivity contribution is -0.123. The lowest BCUT2D eigenvalue weighted by Gasteiger charge is -2.36. The van der Waals surface area contributed by atoms with Crippen molar-refractivity contribution in [1.29, 1.82) is 0 Å². The number of hydrogen-bond acceptors (Lipinski definition) is 4. The van der Waals surface area contributed by atoms with Crippen LogP contribution in [0.2, 0.25) is 0 Å². The van der Waals surface area contributed by atoms with Gasteiger partial charge in [0.2, 0.25) is 5.91 Å². The minimum Gasteiger partial charge on any atom is -0.350 e. The van der Waals surface area contributed by atoms with Crippen LogP contribution in [0.4, 0.5) is 0 Å². The van der Waals surface area contributed by atoms with Crippen molar-refractivity contribution in [2.75, 3.05) is 39.8 Å². The lowest BCUT2D eigenvalue weighted by atomic mass is 10.1. The van der Waals surface area contributed by atoms with E-state index in [-0.39, 0.29) is 11.4 Å². The van der Waals surface area contributed by atoms with Crippen LogP contribution < -0.4 is 5.32 Å². The Kier molecular flexibility index (Phi) is 6.79. The van der Waals surface area contributed by atoms with Crippen molar-refractivity contribution in [2.45, 2.75) is 32.9 Å². The van der Waals surface area contributed by atoms with Gasteiger partial charge in [-0.25, -0.2) is 0 Å². The number of piperazine rings is 1. The predicted molar refractivity (Wildman–Crippen MR) is 103 cm³/mol. The zero-order valence-electron chi connectivity index (χ0n) is 16.1. The maximum Gasteiger partial charge on any atom is 0.282 e. The highest BCUT2D eigenvalue weighted by Gasteiger charge is 2.31. The third-order valence-electron chi connectivity index (χ3n) is 4.18. The van der Waals surface area contributed by atoms with Crippen molar-refractivity contribution in [2.24, 2.45) is 0 Å². The molecule has 1 fully saturated rings. The molecule has 1 saturated heterocycles. The van der Waals surface area contributed by atoms with Crippen LogP contribution in [0.15, 0.2) is 30.3 Å². The minimum absolute atomic E-state index is 0.0324. The molecule has 0 bridgehead atoms. The third-order valence-corrected chi connectivity index (χ3v) is 6.12. The van der Waals surface area contributed by atoms with Crippen molar-refractivity contribution < 1.29 is 13.2 Å². The number of hydrogen-bond donors (Lipinski definition) is 1. The molecule has 7 nitrogen and oxygen atoms in total. The molecule has 2 rings (SSSR count). The van der Waals surface area contributed by atoms with E-state index in [1.807, 2.05) is 56.0 Å². The molecule has 1 heterocycles. The Morgan fingerprint density at radius 1 is 1.12 bits per heavy atom. The molecule has 1 amide bonds. The molecule has 1 aliphatic rings. The molecule has 26 heavy (non-hydrogen) atoms. The molecular weight excluding hydrogens is 352 g/mol. The summed E-state index contributed by atoms with van der Waals surface area (Å²) in [5.41, 5.74) is 0.693. The van der Waals surface area contributed by atoms with Gasteiger partial charge in [0.25, 0.3) is 10.2 Å². The first-order valence-corrected chi connectivity index (χ1v) is 10.3. The SMILES string of the molecule is CN(Cc1ccccc1)S(=O)(=O)N1CCN(CC(=O)NC(C)(C)C)CC1. The van der Waals surface area contributed by atoms with E-state index in [4.69, 9.17) is 0 Å². The van der Waals surface area contributed by atoms with Crippen LogP contribution in [0.1, 0.15) is 26.3 Å². The van der Waals surface area contributed by atoms with Gasteiger partial charge in [-0.15, -0.1) is 0 Å². The Bertz CT molecular complexity index is 693. The number of benzene rings is 1. The van der Waals surface area contributed by atoms with Crippen molar-refractivity contribution >= 4 is 16.1 Å². The zero-order chi connectivity index (χ0) is 19.4. The highest BCUT2D eigenvalue weighted by Crippen LogP contribution is 2.14. The summed E-state index contributed by atoms with van der Waals surface area (Å²) in [5.74, 6) is -0.0324. The molecule has 0 atom stereocenters. The fourth-order valence-electron chi connectivity index (χ4n) is 2.90. The summed E-state index contributed by atoms with van der Waals surface area (Å²) in [6.07, 6.45) is 0. The second kappa shape index (κ2) is 8.47. The smallest absolute Gasteiger partial charge is 0.282 e. The Hall–Kier alpha value is -1.48. The predicted octanol–water partition coefficient (Wildman–Crippen LogP) is 0.896. The van der Waals surface area contributed by atoms with Gasteiger partial charge in [0.05, 0.1) is 6.54 Å². The summed E-state index contributed by atoms with van der Waals surface area (Å²) in [7, 11) is -1.90. The molecule has 0 spiro atoms. The highest BCUT2D eigenvalue weighted by atomic mass is 32.2. The van der Waals surface area contributed by atoms with E-state index < -0.39 is 10.2 Å². The summed E-state index contributed by atoms with van der Waals surface area (Å²) in [6.45, 7) is 8.36. The average molecular weight is 383 g/mol. The van der Waals surface area contributed by atoms with Crippen molar-refractivity contribution in [1.82, 2.24) is 18.8 Å². The van der Waals surface area contributed by atoms with Crippen molar-refractivity contribution in [3.63, 3.8) is 0 Å². The van der Waals surface area contributed by atoms with E-state index >= 15 is 0 Å². The van der Waals surface area contributed by atoms with E-state index in [1.54, 1.807) is 7.05 Å². The van der Waals surface area contributed by atoms with Crippen LogP contribution in [0.3, 0.4) is 0 Å². The van der Waals surface area contributed by atoms with E-state index in [9.17, 15) is 13.2 Å². The second-order valence-electron chi connectivity index (χ2n) is 7.72. The van der Waals surface area contributed by atoms with Gasteiger partial charge < -0.3 is 5.32 Å². The van der Waals surface area contributed by atoms with E-state index in [0.29, 0.717) is 39.3 Å². The fraction of sp³-hybridized carbons (Fsp3) is 0.611. The molecule has 1 aliphatic heterocycles. The average Bonchev–Trinajstić information content (AvgIpc) is 2.54. The Labute approximate surface area is 157 Å². The molecule has 0 saturated carbocycles. The molecular formula is C18H30N4O3S. The molecule has 0 aliphatic carbocycles. The lowest BCUT2D eigenvalue weighted by Crippen LogP contribution is -2.54. The number of amides is 1. The minimum atomic E-state index is -3.50. The van der Waals surface area contributed by atoms with E-state index in [2.05, 4.69) is 5.32 Å². The summed E-state index contributed by atoms with van der Waals surface area (Å²) >= 11 is 0. The zero-order valence-corrected chi connectivity index (χ0v) is 16.9. The molecule has 0 aromatic heterocycles. The monoisotopic (exact) mass is 382 g/mol. The summed E-state index contributed by atoms with van der Waals surface area (Å²) in [5, 5.41) is 2.93. The molecule has 1 aromatic carbocycles. The van der Waals surface area contributed by atoms with Crippen LogP contribution in [-0.2, 0) is 21.5 Å². The van der Waals surface area contributed by atoms with Gasteiger partial charge in [0, 0.05) is 45.3 Å². The number of nitrogens with zero attached hydrogens (tertiary/aromatic N) is 3. The second-order valence-corrected chi connectivity index (χ2v) is 9.76. The first kappa shape index (κ1) is 20.8. The topological polar surface area (TPSA) is 73.0 Å². The van der Waals surface area contributed by atoms with Gasteiger partial charge in [-0.05, 0) is 26.3 Å². The van der Waals surface area contributed by atoms with E-state index in [1.165, 1.54) is 8.61 Å². The normalized spacial score (nSPS) is 17.4. The fourth-order valence-corrected chi connectivity index (χ4v) is 4.23. The van der Waals surface area contributed by atoms with Crippen LogP contribution in [0, 0.1) is 0 Å². The van der Waals surface area contributed by atoms with Crippen molar-refractivity contribution in [3.05, 3.63) is 35.9 Å². The van der Waals surface area contributed by atoms with Crippen LogP contribution in [0.5, 0.6) is 0 Å². The Morgan fingerprint density at radius 2 is 1.69 bits per heavy atom. The Balaban J connectivity index is 1.87. The molecule has 1 N–H and O–H groups in total. The summed E-state index contributed by atoms with van der Waals surface area (Å²) < 4.78 is 28.4. The van der Waals surface area contributed by atoms with Crippen molar-refractivity contribution in [3.8, 4) is 0 Å². The number of carbonyl (C=O) groups excluding carboxylic acids is 1. The Morgan fingerprint density at radius 3 is 2.23 bits per heavy atom. The van der Waals surface area contributed by atoms with Crippen LogP contribution >= 0.6 is 0 Å².